The SMILES string of the molecule is Cc1nn(-c2ccc(F)cc2)c(Cl)c1C=NNC(=S)NC1CCCCC1. The summed E-state index contributed by atoms with van der Waals surface area (Å²) >= 11 is 11.7. The topological polar surface area (TPSA) is 54.2 Å². The molecule has 1 fully saturated rings. The van der Waals surface area contributed by atoms with Gasteiger partial charge in [0.2, 0.25) is 0 Å². The highest BCUT2D eigenvalue weighted by atomic mass is 35.5. The lowest BCUT2D eigenvalue weighted by Gasteiger charge is -2.23. The number of aromatic nitrogens is 2. The van der Waals surface area contributed by atoms with E-state index in [1.807, 2.05) is 6.92 Å². The fourth-order valence-corrected chi connectivity index (χ4v) is 3.57. The monoisotopic (exact) mass is 393 g/mol. The number of nitrogens with zero attached hydrogens (tertiary/aromatic N) is 3. The summed E-state index contributed by atoms with van der Waals surface area (Å²) in [4.78, 5) is 0. The molecule has 1 aliphatic carbocycles. The van der Waals surface area contributed by atoms with E-state index in [9.17, 15) is 4.39 Å². The van der Waals surface area contributed by atoms with Crippen LogP contribution in [0.15, 0.2) is 29.4 Å². The third kappa shape index (κ3) is 4.59. The number of halogens is 2. The molecule has 0 amide bonds. The lowest BCUT2D eigenvalue weighted by Crippen LogP contribution is -2.40. The van der Waals surface area contributed by atoms with Crippen LogP contribution in [0.3, 0.4) is 0 Å². The average molecular weight is 394 g/mol. The molecule has 0 radical (unpaired) electrons. The minimum absolute atomic E-state index is 0.307. The Morgan fingerprint density at radius 3 is 2.69 bits per heavy atom. The van der Waals surface area contributed by atoms with Gasteiger partial charge in [-0.05, 0) is 56.2 Å². The summed E-state index contributed by atoms with van der Waals surface area (Å²) in [6, 6.07) is 6.40. The first-order valence-corrected chi connectivity index (χ1v) is 9.44. The van der Waals surface area contributed by atoms with Gasteiger partial charge in [-0.2, -0.15) is 10.2 Å². The lowest BCUT2D eigenvalue weighted by atomic mass is 9.96. The van der Waals surface area contributed by atoms with Crippen LogP contribution in [-0.2, 0) is 0 Å². The molecule has 1 saturated carbocycles. The minimum Gasteiger partial charge on any atom is -0.359 e. The Balaban J connectivity index is 1.65. The van der Waals surface area contributed by atoms with E-state index in [2.05, 4.69) is 20.9 Å². The van der Waals surface area contributed by atoms with Gasteiger partial charge in [-0.1, -0.05) is 30.9 Å². The van der Waals surface area contributed by atoms with E-state index < -0.39 is 0 Å². The van der Waals surface area contributed by atoms with Crippen molar-refractivity contribution < 1.29 is 4.39 Å². The van der Waals surface area contributed by atoms with Crippen molar-refractivity contribution >= 4 is 35.1 Å². The number of thiocarbonyl (C=S) groups is 1. The van der Waals surface area contributed by atoms with Gasteiger partial charge < -0.3 is 5.32 Å². The Kier molecular flexibility index (Phi) is 6.21. The van der Waals surface area contributed by atoms with Crippen molar-refractivity contribution in [2.45, 2.75) is 45.1 Å². The van der Waals surface area contributed by atoms with Crippen molar-refractivity contribution in [3.05, 3.63) is 46.5 Å². The summed E-state index contributed by atoms with van der Waals surface area (Å²) in [7, 11) is 0. The van der Waals surface area contributed by atoms with Crippen LogP contribution in [0.5, 0.6) is 0 Å². The second kappa shape index (κ2) is 8.60. The molecule has 1 heterocycles. The van der Waals surface area contributed by atoms with Crippen molar-refractivity contribution in [1.82, 2.24) is 20.5 Å². The van der Waals surface area contributed by atoms with Gasteiger partial charge in [0.05, 0.1) is 23.2 Å². The molecule has 1 aromatic carbocycles. The molecule has 3 rings (SSSR count). The van der Waals surface area contributed by atoms with Gasteiger partial charge in [-0.3, -0.25) is 5.43 Å². The number of hydrogen-bond acceptors (Lipinski definition) is 3. The maximum atomic E-state index is 13.1. The predicted octanol–water partition coefficient (Wildman–Crippen LogP) is 4.10. The average Bonchev–Trinajstić information content (AvgIpc) is 2.91. The maximum Gasteiger partial charge on any atom is 0.187 e. The quantitative estimate of drug-likeness (QED) is 0.466. The van der Waals surface area contributed by atoms with E-state index in [-0.39, 0.29) is 5.82 Å². The summed E-state index contributed by atoms with van der Waals surface area (Å²) in [5, 5.41) is 12.8. The molecule has 26 heavy (non-hydrogen) atoms. The molecule has 2 N–H and O–H groups in total. The smallest absolute Gasteiger partial charge is 0.187 e. The summed E-state index contributed by atoms with van der Waals surface area (Å²) in [5.41, 5.74) is 4.92. The second-order valence-corrected chi connectivity index (χ2v) is 7.12. The van der Waals surface area contributed by atoms with Gasteiger partial charge in [0.25, 0.3) is 0 Å². The van der Waals surface area contributed by atoms with E-state index >= 15 is 0 Å². The molecule has 0 spiro atoms. The Bertz CT molecular complexity index is 797. The van der Waals surface area contributed by atoms with Crippen LogP contribution in [-0.4, -0.2) is 27.1 Å². The van der Waals surface area contributed by atoms with Gasteiger partial charge in [0.15, 0.2) is 5.11 Å². The fraction of sp³-hybridized carbons (Fsp3) is 0.389. The van der Waals surface area contributed by atoms with Crippen molar-refractivity contribution in [3.63, 3.8) is 0 Å². The summed E-state index contributed by atoms with van der Waals surface area (Å²) in [6.45, 7) is 1.84. The van der Waals surface area contributed by atoms with Gasteiger partial charge in [-0.25, -0.2) is 9.07 Å². The molecular weight excluding hydrogens is 373 g/mol. The van der Waals surface area contributed by atoms with Gasteiger partial charge in [0.1, 0.15) is 11.0 Å². The number of rotatable bonds is 4. The number of hydrazone groups is 1. The summed E-state index contributed by atoms with van der Waals surface area (Å²) in [5.74, 6) is -0.307. The maximum absolute atomic E-state index is 13.1. The van der Waals surface area contributed by atoms with E-state index in [0.717, 1.165) is 18.5 Å². The van der Waals surface area contributed by atoms with Crippen LogP contribution in [0, 0.1) is 12.7 Å². The Hall–Kier alpha value is -1.99. The zero-order valence-electron chi connectivity index (χ0n) is 14.5. The van der Waals surface area contributed by atoms with Crippen LogP contribution >= 0.6 is 23.8 Å². The molecule has 138 valence electrons. The molecule has 0 aliphatic heterocycles. The number of benzene rings is 1. The Morgan fingerprint density at radius 1 is 1.31 bits per heavy atom. The highest BCUT2D eigenvalue weighted by Gasteiger charge is 2.15. The molecule has 8 heteroatoms. The van der Waals surface area contributed by atoms with Crippen molar-refractivity contribution in [1.29, 1.82) is 0 Å². The van der Waals surface area contributed by atoms with Crippen LogP contribution in [0.2, 0.25) is 5.15 Å². The van der Waals surface area contributed by atoms with Crippen molar-refractivity contribution in [2.75, 3.05) is 0 Å². The highest BCUT2D eigenvalue weighted by molar-refractivity contribution is 7.80. The summed E-state index contributed by atoms with van der Waals surface area (Å²) in [6.07, 6.45) is 7.65. The Morgan fingerprint density at radius 2 is 2.00 bits per heavy atom. The first kappa shape index (κ1) is 18.8. The first-order valence-electron chi connectivity index (χ1n) is 8.65. The van der Waals surface area contributed by atoms with Crippen LogP contribution in [0.1, 0.15) is 43.4 Å². The molecule has 0 unspecified atom stereocenters. The molecule has 0 saturated heterocycles. The lowest BCUT2D eigenvalue weighted by molar-refractivity contribution is 0.412. The first-order chi connectivity index (χ1) is 12.5. The van der Waals surface area contributed by atoms with Crippen molar-refractivity contribution in [2.24, 2.45) is 5.10 Å². The minimum atomic E-state index is -0.307. The largest absolute Gasteiger partial charge is 0.359 e. The second-order valence-electron chi connectivity index (χ2n) is 6.36. The zero-order valence-corrected chi connectivity index (χ0v) is 16.1. The summed E-state index contributed by atoms with van der Waals surface area (Å²) < 4.78 is 14.6. The number of nitrogens with one attached hydrogen (secondary N) is 2. The van der Waals surface area contributed by atoms with Crippen molar-refractivity contribution in [3.8, 4) is 5.69 Å². The molecule has 0 atom stereocenters. The molecule has 1 aliphatic rings. The van der Waals surface area contributed by atoms with E-state index in [1.54, 1.807) is 23.0 Å². The van der Waals surface area contributed by atoms with Crippen LogP contribution in [0.4, 0.5) is 4.39 Å². The van der Waals surface area contributed by atoms with Crippen LogP contribution in [0.25, 0.3) is 5.69 Å². The molecule has 0 bridgehead atoms. The number of hydrogen-bond donors (Lipinski definition) is 2. The molecule has 5 nitrogen and oxygen atoms in total. The fourth-order valence-electron chi connectivity index (χ4n) is 3.03. The zero-order chi connectivity index (χ0) is 18.5. The highest BCUT2D eigenvalue weighted by Crippen LogP contribution is 2.22. The number of aryl methyl sites for hydroxylation is 1. The van der Waals surface area contributed by atoms with Crippen LogP contribution < -0.4 is 10.7 Å². The normalized spacial score (nSPS) is 15.3. The van der Waals surface area contributed by atoms with Gasteiger partial charge in [0, 0.05) is 6.04 Å². The van der Waals surface area contributed by atoms with Gasteiger partial charge >= 0.3 is 0 Å². The Labute approximate surface area is 162 Å². The third-order valence-corrected chi connectivity index (χ3v) is 4.99. The predicted molar refractivity (Wildman–Crippen MR) is 107 cm³/mol. The molecule has 2 aromatic rings. The van der Waals surface area contributed by atoms with Gasteiger partial charge in [-0.15, -0.1) is 0 Å². The molecule has 1 aromatic heterocycles. The van der Waals surface area contributed by atoms with E-state index in [4.69, 9.17) is 23.8 Å². The van der Waals surface area contributed by atoms with E-state index in [1.165, 1.54) is 31.4 Å². The van der Waals surface area contributed by atoms with E-state index in [0.29, 0.717) is 27.6 Å². The third-order valence-electron chi connectivity index (χ3n) is 4.42. The molecular formula is C18H21ClFN5S. The standard InChI is InChI=1S/C18H21ClFN5S/c1-12-16(11-21-23-18(26)22-14-5-3-2-4-6-14)17(19)25(24-12)15-9-7-13(20)8-10-15/h7-11,14H,2-6H2,1H3,(H2,22,23,26).